The Morgan fingerprint density at radius 1 is 0.354 bits per heavy atom. The van der Waals surface area contributed by atoms with Gasteiger partial charge in [0.1, 0.15) is 47.1 Å². The van der Waals surface area contributed by atoms with Crippen molar-refractivity contribution in [3.05, 3.63) is 96.1 Å². The Labute approximate surface area is 826 Å². The van der Waals surface area contributed by atoms with E-state index in [-0.39, 0.29) is 71.3 Å². The molecule has 0 unspecified atom stereocenters. The second-order valence-electron chi connectivity index (χ2n) is 33.4. The Hall–Kier alpha value is -15.9. The maximum Gasteiger partial charge on any atom is 0.409 e. The molecule has 764 valence electrons. The van der Waals surface area contributed by atoms with Gasteiger partial charge in [-0.25, -0.2) is 64.4 Å². The first-order valence-corrected chi connectivity index (χ1v) is 46.9. The minimum atomic E-state index is -0.363. The fourth-order valence-corrected chi connectivity index (χ4v) is 16.3. The van der Waals surface area contributed by atoms with Crippen molar-refractivity contribution in [2.24, 2.45) is 0 Å². The molecule has 144 heavy (non-hydrogen) atoms. The third-order valence-corrected chi connectivity index (χ3v) is 24.0. The van der Waals surface area contributed by atoms with Crippen LogP contribution in [0.15, 0.2) is 90.5 Å². The number of hydrogen-bond donors (Lipinski definition) is 10. The van der Waals surface area contributed by atoms with Crippen LogP contribution in [0.1, 0.15) is 25.7 Å². The molecule has 0 saturated carbocycles. The van der Waals surface area contributed by atoms with E-state index in [4.69, 9.17) is 132 Å². The van der Waals surface area contributed by atoms with Crippen LogP contribution in [0.3, 0.4) is 0 Å². The van der Waals surface area contributed by atoms with Crippen molar-refractivity contribution in [3.8, 4) is 79.5 Å². The molecule has 2 amide bonds. The highest BCUT2D eigenvalue weighted by Gasteiger charge is 2.32. The summed E-state index contributed by atoms with van der Waals surface area (Å²) in [6.45, 7) is 21.2. The van der Waals surface area contributed by atoms with Gasteiger partial charge in [0.15, 0.2) is 17.4 Å². The van der Waals surface area contributed by atoms with Gasteiger partial charge in [-0.1, -0.05) is 0 Å². The number of carbonyl (C=O) groups is 2. The number of piperidine rings is 2. The van der Waals surface area contributed by atoms with E-state index in [1.807, 2.05) is 46.2 Å². The molecule has 54 heteroatoms. The van der Waals surface area contributed by atoms with E-state index < -0.39 is 0 Å². The molecule has 9 aliphatic rings. The van der Waals surface area contributed by atoms with Crippen LogP contribution in [0.4, 0.5) is 110 Å². The van der Waals surface area contributed by atoms with Crippen LogP contribution in [0.2, 0.25) is 0 Å². The van der Waals surface area contributed by atoms with Gasteiger partial charge in [-0.05, 0) is 25.0 Å². The van der Waals surface area contributed by atoms with Gasteiger partial charge in [0.05, 0.1) is 178 Å². The minimum Gasteiger partial charge on any atom is -0.493 e. The van der Waals surface area contributed by atoms with Crippen molar-refractivity contribution in [1.29, 1.82) is 0 Å². The highest BCUT2D eigenvalue weighted by atomic mass is 16.6. The van der Waals surface area contributed by atoms with E-state index >= 15 is 0 Å². The van der Waals surface area contributed by atoms with Crippen LogP contribution in [-0.2, 0) is 42.6 Å². The predicted molar refractivity (Wildman–Crippen MR) is 533 cm³/mol. The predicted octanol–water partition coefficient (Wildman–Crippen LogP) is 2.46. The number of morpholine rings is 7. The van der Waals surface area contributed by atoms with E-state index in [2.05, 4.69) is 105 Å². The monoisotopic (exact) mass is 1990 g/mol. The summed E-state index contributed by atoms with van der Waals surface area (Å²) in [6.07, 6.45) is 11.4. The Bertz CT molecular complexity index is 6110. The second kappa shape index (κ2) is 49.0. The largest absolute Gasteiger partial charge is 0.493 e. The molecule has 19 heterocycles. The van der Waals surface area contributed by atoms with Crippen LogP contribution in [0.5, 0.6) is 23.3 Å². The van der Waals surface area contributed by atoms with E-state index in [9.17, 15) is 14.4 Å². The first-order chi connectivity index (χ1) is 70.1. The summed E-state index contributed by atoms with van der Waals surface area (Å²) in [6, 6.07) is 14.6. The smallest absolute Gasteiger partial charge is 0.409 e. The summed E-state index contributed by atoms with van der Waals surface area (Å²) >= 11 is 0. The fraction of sp³-hybridized carbons (Fsp3) is 0.467. The lowest BCUT2D eigenvalue weighted by atomic mass is 10.1. The number of nitrogen functional groups attached to an aromatic ring is 8. The third-order valence-electron chi connectivity index (χ3n) is 24.0. The van der Waals surface area contributed by atoms with Gasteiger partial charge >= 0.3 is 12.2 Å². The molecule has 1 aromatic carbocycles. The Morgan fingerprint density at radius 3 is 1.13 bits per heavy atom. The van der Waals surface area contributed by atoms with Gasteiger partial charge in [-0.3, -0.25) is 9.78 Å². The van der Waals surface area contributed by atoms with Crippen LogP contribution in [0.25, 0.3) is 56.3 Å². The summed E-state index contributed by atoms with van der Waals surface area (Å²) in [5.74, 6) is 8.60. The highest BCUT2D eigenvalue weighted by molar-refractivity contribution is 5.77. The van der Waals surface area contributed by atoms with Gasteiger partial charge < -0.3 is 157 Å². The van der Waals surface area contributed by atoms with Crippen LogP contribution in [-0.4, -0.2) is 373 Å². The van der Waals surface area contributed by atoms with E-state index in [1.54, 1.807) is 60.9 Å². The molecule has 0 spiro atoms. The number of nitrogens with one attached hydrogen (secondary N) is 2. The lowest BCUT2D eigenvalue weighted by Gasteiger charge is -2.32. The van der Waals surface area contributed by atoms with Crippen molar-refractivity contribution in [1.82, 2.24) is 109 Å². The lowest BCUT2D eigenvalue weighted by molar-refractivity contribution is 0.0673. The van der Waals surface area contributed by atoms with Gasteiger partial charge in [-0.2, -0.15) is 39.9 Å². The summed E-state index contributed by atoms with van der Waals surface area (Å²) in [7, 11) is 5.96. The molecule has 0 bridgehead atoms. The molecule has 0 aliphatic carbocycles. The number of aromatic amines is 1. The van der Waals surface area contributed by atoms with Gasteiger partial charge in [0, 0.05) is 209 Å². The number of nitrogens with zero attached hydrogens (tertiary/aromatic N) is 28. The number of nitrogens with two attached hydrogens (primary N) is 8. The van der Waals surface area contributed by atoms with Crippen LogP contribution in [0, 0.1) is 0 Å². The van der Waals surface area contributed by atoms with Crippen molar-refractivity contribution in [3.63, 3.8) is 0 Å². The number of anilines is 17. The molecule has 9 fully saturated rings. The number of ether oxygens (including phenoxy) is 13. The SMILES string of the molecule is COC(=O)N1CCC(Oc2cc(-c3cnc(N)nc3N)nc(N3CCOCC3)n2)CC1.COC(=O)N1CCC[C@H](Oc2cc(-c3cnc(N)nc3N)nc(N3CCOCC3)n2)C1.COc1ccc(Nc2cc(-c3cnc(N)nc3)nc(N3CCOCC3)n2)cc1OC.Nc1ncc(-c2cc(N3CCOCC3)nc(N3CCOCC3)n2)c(=O)[nH]1.Nc1ncc(-c2cc(N3CCOCC3)nc(N3CCOCC3)n2)c(N)n1. The third kappa shape index (κ3) is 26.8. The maximum atomic E-state index is 12.3. The number of carbonyl (C=O) groups excluding carboxylic acids is 2. The molecular formula is C90H118N38O16. The zero-order valence-electron chi connectivity index (χ0n) is 80.4. The van der Waals surface area contributed by atoms with Crippen molar-refractivity contribution in [2.75, 3.05) is 324 Å². The van der Waals surface area contributed by atoms with E-state index in [1.165, 1.54) is 26.6 Å². The molecule has 9 aliphatic heterocycles. The molecular weight excluding hydrogens is 1870 g/mol. The molecule has 20 rings (SSSR count). The Balaban J connectivity index is 0.000000129. The van der Waals surface area contributed by atoms with Gasteiger partial charge in [0.2, 0.25) is 65.3 Å². The first kappa shape index (κ1) is 101. The molecule has 9 saturated heterocycles. The fourth-order valence-electron chi connectivity index (χ4n) is 16.3. The molecule has 18 N–H and O–H groups in total. The number of methoxy groups -OCH3 is 4. The van der Waals surface area contributed by atoms with Gasteiger partial charge in [0.25, 0.3) is 5.56 Å². The van der Waals surface area contributed by atoms with Crippen molar-refractivity contribution in [2.45, 2.75) is 37.9 Å². The topological polar surface area (TPSA) is 681 Å². The zero-order valence-corrected chi connectivity index (χ0v) is 80.4. The number of aromatic nitrogens is 20. The summed E-state index contributed by atoms with van der Waals surface area (Å²) < 4.78 is 70.7. The summed E-state index contributed by atoms with van der Waals surface area (Å²) in [4.78, 5) is 140. The Morgan fingerprint density at radius 2 is 0.722 bits per heavy atom. The highest BCUT2D eigenvalue weighted by Crippen LogP contribution is 2.37. The van der Waals surface area contributed by atoms with E-state index in [0.29, 0.717) is 286 Å². The maximum absolute atomic E-state index is 12.3. The van der Waals surface area contributed by atoms with Crippen molar-refractivity contribution < 1.29 is 71.2 Å². The molecule has 1 atom stereocenters. The van der Waals surface area contributed by atoms with E-state index in [0.717, 1.165) is 88.1 Å². The van der Waals surface area contributed by atoms with Crippen molar-refractivity contribution >= 4 is 112 Å². The minimum absolute atomic E-state index is 0.0783. The number of likely N-dealkylation sites (tertiary alicyclic amines) is 2. The summed E-state index contributed by atoms with van der Waals surface area (Å²) in [5.41, 5.74) is 52.5. The molecule has 54 nitrogen and oxygen atoms in total. The number of rotatable bonds is 20. The lowest BCUT2D eigenvalue weighted by Crippen LogP contribution is -2.44. The first-order valence-electron chi connectivity index (χ1n) is 46.9. The average molecular weight is 1990 g/mol. The summed E-state index contributed by atoms with van der Waals surface area (Å²) in [5, 5.41) is 3.32. The molecule has 10 aromatic heterocycles. The van der Waals surface area contributed by atoms with Crippen LogP contribution < -0.4 is 110 Å². The standard InChI is InChI=1S/C20H23N7O3.2C19H26N8O4.C16H22N8O2.C16H21N7O3/c1-28-16-4-3-14(9-17(16)29-2)24-18-10-15(13-11-22-19(21)23-12-13)25-20(26-18)27-5-7-30-8-6-27;1-29-19(28)27-4-2-12(3-5-27)31-15-10-14(13-11-22-17(21)25-16(13)20)23-18(24-15)26-6-8-30-9-7-26;1-29-19(28)27-4-2-3-12(11-27)31-15-9-14(13-10-22-17(21)25-16(13)20)23-18(24-15)26-5-7-30-8-6-26;17-14-11(10-19-15(18)22-14)12-9-13(23-1-5-25-6-2-23)21-16(20-12)24-3-7-26-8-4-24;17-15-18-10-11(14(24)21-15)12-9-13(22-1-5-25-6-2-22)20-16(19-12)23-3-7-26-8-4-23/h3-4,9-12H,5-8H2,1-2H3,(H2,21,22,23)(H,24,25,26);10-12H,2-9H2,1H3,(H4,20,21,22,25);9-10,12H,2-8,11H2,1H3,(H4,20,21,22,25);9-10H,1-8H2,(H4,17,18,19,22);9-10H,1-8H2,(H3,17,18,21,24)/t;;12-;;/m..0../s1. The van der Waals surface area contributed by atoms with Crippen LogP contribution >= 0.6 is 0 Å². The van der Waals surface area contributed by atoms with Gasteiger partial charge in [-0.15, -0.1) is 0 Å². The molecule has 11 aromatic rings. The number of amides is 2. The quantitative estimate of drug-likeness (QED) is 0.0524. The average Bonchev–Trinajstić information content (AvgIpc) is 0.734. The number of benzene rings is 1. The number of H-pyrrole nitrogens is 1. The number of hydrogen-bond acceptors (Lipinski definition) is 51. The normalized spacial score (nSPS) is 17.3. The zero-order chi connectivity index (χ0) is 100. The Kier molecular flexibility index (Phi) is 34.4. The second-order valence-corrected chi connectivity index (χ2v) is 33.4. The molecule has 0 radical (unpaired) electrons.